The Hall–Kier alpha value is -1.51. The second-order valence-corrected chi connectivity index (χ2v) is 5.63. The summed E-state index contributed by atoms with van der Waals surface area (Å²) in [6.45, 7) is 0. The quantitative estimate of drug-likeness (QED) is 0.772. The predicted molar refractivity (Wildman–Crippen MR) is 82.8 cm³/mol. The summed E-state index contributed by atoms with van der Waals surface area (Å²) in [5.41, 5.74) is 1.79. The minimum absolute atomic E-state index is 0.0176. The Kier molecular flexibility index (Phi) is 3.23. The van der Waals surface area contributed by atoms with E-state index >= 15 is 0 Å². The van der Waals surface area contributed by atoms with Crippen molar-refractivity contribution < 1.29 is 4.79 Å². The first-order valence-corrected chi connectivity index (χ1v) is 7.22. The van der Waals surface area contributed by atoms with Gasteiger partial charge in [0.05, 0.1) is 0 Å². The number of benzene rings is 2. The molecule has 2 nitrogen and oxygen atoms in total. The normalized spacial score (nSPS) is 21.1. The van der Waals surface area contributed by atoms with Gasteiger partial charge in [0.25, 0.3) is 0 Å². The van der Waals surface area contributed by atoms with Crippen molar-refractivity contribution in [2.24, 2.45) is 0 Å². The van der Waals surface area contributed by atoms with Gasteiger partial charge in [-0.05, 0) is 29.3 Å². The fourth-order valence-corrected chi connectivity index (χ4v) is 3.45. The molecule has 0 saturated heterocycles. The highest BCUT2D eigenvalue weighted by atomic mass is 35.5. The molecule has 0 N–H and O–H groups in total. The standard InChI is InChI=1S/C16H13Cl2NO/c1-19-14-8-7-12(18)9-13(14)16(10-17,15(19)20)11-5-3-2-4-6-11/h2-9H,10H2,1H3. The summed E-state index contributed by atoms with van der Waals surface area (Å²) in [6, 6.07) is 15.1. The van der Waals surface area contributed by atoms with Crippen molar-refractivity contribution in [1.29, 1.82) is 0 Å². The minimum Gasteiger partial charge on any atom is -0.314 e. The lowest BCUT2D eigenvalue weighted by molar-refractivity contribution is -0.120. The third kappa shape index (κ3) is 1.68. The van der Waals surface area contributed by atoms with Crippen LogP contribution in [0.5, 0.6) is 0 Å². The van der Waals surface area contributed by atoms with Gasteiger partial charge in [-0.1, -0.05) is 41.9 Å². The molecule has 0 saturated carbocycles. The Balaban J connectivity index is 2.32. The zero-order valence-electron chi connectivity index (χ0n) is 10.9. The van der Waals surface area contributed by atoms with E-state index in [0.717, 1.165) is 16.8 Å². The lowest BCUT2D eigenvalue weighted by atomic mass is 9.77. The van der Waals surface area contributed by atoms with Gasteiger partial charge < -0.3 is 4.90 Å². The van der Waals surface area contributed by atoms with Gasteiger partial charge in [0.15, 0.2) is 0 Å². The molecule has 1 aliphatic rings. The van der Waals surface area contributed by atoms with Crippen molar-refractivity contribution in [2.45, 2.75) is 5.41 Å². The van der Waals surface area contributed by atoms with Gasteiger partial charge in [-0.15, -0.1) is 11.6 Å². The predicted octanol–water partition coefficient (Wildman–Crippen LogP) is 3.84. The maximum atomic E-state index is 12.8. The number of likely N-dealkylation sites (N-methyl/N-ethyl adjacent to an activating group) is 1. The number of anilines is 1. The zero-order valence-corrected chi connectivity index (χ0v) is 12.4. The first kappa shape index (κ1) is 13.5. The van der Waals surface area contributed by atoms with Gasteiger partial charge in [0.2, 0.25) is 5.91 Å². The molecule has 0 bridgehead atoms. The number of halogens is 2. The van der Waals surface area contributed by atoms with Crippen LogP contribution in [0.1, 0.15) is 11.1 Å². The van der Waals surface area contributed by atoms with Crippen LogP contribution in [-0.4, -0.2) is 18.8 Å². The van der Waals surface area contributed by atoms with E-state index in [1.807, 2.05) is 42.5 Å². The average Bonchev–Trinajstić information content (AvgIpc) is 2.69. The van der Waals surface area contributed by atoms with Crippen LogP contribution >= 0.6 is 23.2 Å². The van der Waals surface area contributed by atoms with E-state index in [2.05, 4.69) is 0 Å². The Morgan fingerprint density at radius 1 is 1.15 bits per heavy atom. The van der Waals surface area contributed by atoms with E-state index in [1.165, 1.54) is 0 Å². The van der Waals surface area contributed by atoms with Crippen molar-refractivity contribution >= 4 is 34.8 Å². The molecule has 0 spiro atoms. The SMILES string of the molecule is CN1C(=O)C(CCl)(c2ccccc2)c2cc(Cl)ccc21. The number of rotatable bonds is 2. The molecule has 1 atom stereocenters. The minimum atomic E-state index is -0.849. The molecule has 1 aliphatic heterocycles. The molecule has 102 valence electrons. The van der Waals surface area contributed by atoms with Gasteiger partial charge in [0, 0.05) is 23.6 Å². The third-order valence-electron chi connectivity index (χ3n) is 3.92. The summed E-state index contributed by atoms with van der Waals surface area (Å²) in [5, 5.41) is 0.609. The molecule has 1 unspecified atom stereocenters. The van der Waals surface area contributed by atoms with Crippen molar-refractivity contribution in [3.63, 3.8) is 0 Å². The van der Waals surface area contributed by atoms with E-state index < -0.39 is 5.41 Å². The molecule has 2 aromatic carbocycles. The number of fused-ring (bicyclic) bond motifs is 1. The molecule has 0 fully saturated rings. The van der Waals surface area contributed by atoms with Gasteiger partial charge in [0.1, 0.15) is 5.41 Å². The number of alkyl halides is 1. The van der Waals surface area contributed by atoms with Crippen LogP contribution < -0.4 is 4.90 Å². The monoisotopic (exact) mass is 305 g/mol. The summed E-state index contributed by atoms with van der Waals surface area (Å²) in [6.07, 6.45) is 0. The highest BCUT2D eigenvalue weighted by Crippen LogP contribution is 2.47. The fraction of sp³-hybridized carbons (Fsp3) is 0.188. The van der Waals surface area contributed by atoms with E-state index in [-0.39, 0.29) is 11.8 Å². The summed E-state index contributed by atoms with van der Waals surface area (Å²) in [5.74, 6) is 0.170. The topological polar surface area (TPSA) is 20.3 Å². The molecule has 4 heteroatoms. The third-order valence-corrected chi connectivity index (χ3v) is 4.55. The molecule has 1 amide bonds. The van der Waals surface area contributed by atoms with Crippen LogP contribution in [0.3, 0.4) is 0 Å². The largest absolute Gasteiger partial charge is 0.314 e. The van der Waals surface area contributed by atoms with Crippen LogP contribution in [0.25, 0.3) is 0 Å². The zero-order chi connectivity index (χ0) is 14.3. The van der Waals surface area contributed by atoms with E-state index in [1.54, 1.807) is 18.0 Å². The highest BCUT2D eigenvalue weighted by molar-refractivity contribution is 6.31. The van der Waals surface area contributed by atoms with Gasteiger partial charge in [-0.25, -0.2) is 0 Å². The highest BCUT2D eigenvalue weighted by Gasteiger charge is 2.50. The maximum absolute atomic E-state index is 12.8. The summed E-state index contributed by atoms with van der Waals surface area (Å²) >= 11 is 12.4. The van der Waals surface area contributed by atoms with Crippen LogP contribution in [0, 0.1) is 0 Å². The van der Waals surface area contributed by atoms with Gasteiger partial charge in [-0.2, -0.15) is 0 Å². The Bertz CT molecular complexity index is 671. The smallest absolute Gasteiger partial charge is 0.243 e. The molecule has 2 aromatic rings. The number of hydrogen-bond acceptors (Lipinski definition) is 1. The average molecular weight is 306 g/mol. The number of amides is 1. The molecule has 0 aromatic heterocycles. The van der Waals surface area contributed by atoms with Crippen molar-refractivity contribution in [2.75, 3.05) is 17.8 Å². The Labute approximate surface area is 127 Å². The van der Waals surface area contributed by atoms with Gasteiger partial charge in [-0.3, -0.25) is 4.79 Å². The molecular formula is C16H13Cl2NO. The summed E-state index contributed by atoms with van der Waals surface area (Å²) in [7, 11) is 1.77. The first-order valence-electron chi connectivity index (χ1n) is 6.31. The first-order chi connectivity index (χ1) is 9.61. The van der Waals surface area contributed by atoms with E-state index in [0.29, 0.717) is 5.02 Å². The van der Waals surface area contributed by atoms with Crippen LogP contribution in [0.2, 0.25) is 5.02 Å². The molecule has 0 radical (unpaired) electrons. The molecular weight excluding hydrogens is 293 g/mol. The summed E-state index contributed by atoms with van der Waals surface area (Å²) < 4.78 is 0. The second kappa shape index (κ2) is 4.80. The number of hydrogen-bond donors (Lipinski definition) is 0. The summed E-state index contributed by atoms with van der Waals surface area (Å²) in [4.78, 5) is 14.5. The van der Waals surface area contributed by atoms with Crippen molar-refractivity contribution in [3.05, 3.63) is 64.7 Å². The number of nitrogens with zero attached hydrogens (tertiary/aromatic N) is 1. The molecule has 0 aliphatic carbocycles. The van der Waals surface area contributed by atoms with Gasteiger partial charge >= 0.3 is 0 Å². The van der Waals surface area contributed by atoms with Crippen LogP contribution in [0.4, 0.5) is 5.69 Å². The number of carbonyl (C=O) groups is 1. The Morgan fingerprint density at radius 2 is 1.85 bits per heavy atom. The van der Waals surface area contributed by atoms with Crippen LogP contribution in [-0.2, 0) is 10.2 Å². The van der Waals surface area contributed by atoms with Crippen molar-refractivity contribution in [3.8, 4) is 0 Å². The van der Waals surface area contributed by atoms with Crippen molar-refractivity contribution in [1.82, 2.24) is 0 Å². The molecule has 20 heavy (non-hydrogen) atoms. The fourth-order valence-electron chi connectivity index (χ4n) is 2.86. The van der Waals surface area contributed by atoms with Crippen LogP contribution in [0.15, 0.2) is 48.5 Å². The lowest BCUT2D eigenvalue weighted by Crippen LogP contribution is -2.41. The Morgan fingerprint density at radius 3 is 2.50 bits per heavy atom. The number of carbonyl (C=O) groups excluding carboxylic acids is 1. The molecule has 1 heterocycles. The van der Waals surface area contributed by atoms with E-state index in [9.17, 15) is 4.79 Å². The lowest BCUT2D eigenvalue weighted by Gasteiger charge is -2.26. The maximum Gasteiger partial charge on any atom is 0.243 e. The van der Waals surface area contributed by atoms with E-state index in [4.69, 9.17) is 23.2 Å². The molecule has 3 rings (SSSR count). The second-order valence-electron chi connectivity index (χ2n) is 4.93.